The lowest BCUT2D eigenvalue weighted by molar-refractivity contribution is -0.124. The maximum atomic E-state index is 14.5. The lowest BCUT2D eigenvalue weighted by atomic mass is 9.81. The molecule has 0 unspecified atom stereocenters. The van der Waals surface area contributed by atoms with Crippen LogP contribution in [0, 0.1) is 23.6 Å². The Bertz CT molecular complexity index is 1020. The molecule has 6 N–H and O–H groups in total. The SMILES string of the molecule is NC(=O)[C@H]1[C@H]2C[C@H]3[C@H]1Nc1nc(ncc1F)Nc1cccc(c1)NC(=O)CN[C@@H]3C2. The summed E-state index contributed by atoms with van der Waals surface area (Å²) in [5, 5.41) is 12.3. The van der Waals surface area contributed by atoms with Gasteiger partial charge in [0, 0.05) is 23.5 Å². The van der Waals surface area contributed by atoms with Gasteiger partial charge in [-0.3, -0.25) is 9.59 Å². The maximum absolute atomic E-state index is 14.5. The molecule has 30 heavy (non-hydrogen) atoms. The molecule has 0 spiro atoms. The summed E-state index contributed by atoms with van der Waals surface area (Å²) in [5.41, 5.74) is 6.95. The number of carbonyl (C=O) groups excluding carboxylic acids is 2. The van der Waals surface area contributed by atoms with Gasteiger partial charge in [0.05, 0.1) is 18.7 Å². The van der Waals surface area contributed by atoms with Crippen LogP contribution in [0.15, 0.2) is 30.5 Å². The summed E-state index contributed by atoms with van der Waals surface area (Å²) in [6.45, 7) is 0.140. The van der Waals surface area contributed by atoms with E-state index in [-0.39, 0.29) is 48.1 Å². The molecule has 2 fully saturated rings. The molecule has 1 aromatic heterocycles. The summed E-state index contributed by atoms with van der Waals surface area (Å²) in [6.07, 6.45) is 2.62. The summed E-state index contributed by atoms with van der Waals surface area (Å²) < 4.78 is 14.5. The quantitative estimate of drug-likeness (QED) is 0.476. The minimum absolute atomic E-state index is 0.0211. The highest BCUT2D eigenvalue weighted by Crippen LogP contribution is 2.49. The van der Waals surface area contributed by atoms with Crippen molar-refractivity contribution in [3.8, 4) is 0 Å². The lowest BCUT2D eigenvalue weighted by Crippen LogP contribution is -2.51. The van der Waals surface area contributed by atoms with Crippen LogP contribution < -0.4 is 27.0 Å². The monoisotopic (exact) mass is 411 g/mol. The zero-order valence-electron chi connectivity index (χ0n) is 16.1. The van der Waals surface area contributed by atoms with Gasteiger partial charge in [-0.15, -0.1) is 0 Å². The third-order valence-electron chi connectivity index (χ3n) is 6.31. The van der Waals surface area contributed by atoms with Crippen molar-refractivity contribution in [3.63, 3.8) is 0 Å². The number of halogens is 1. The molecule has 5 rings (SSSR count). The minimum atomic E-state index is -0.606. The first-order chi connectivity index (χ1) is 14.5. The molecule has 156 valence electrons. The van der Waals surface area contributed by atoms with Gasteiger partial charge < -0.3 is 27.0 Å². The molecular formula is C20H22FN7O2. The van der Waals surface area contributed by atoms with E-state index in [1.165, 1.54) is 0 Å². The van der Waals surface area contributed by atoms with Gasteiger partial charge in [0.25, 0.3) is 0 Å². The average molecular weight is 411 g/mol. The Morgan fingerprint density at radius 1 is 1.20 bits per heavy atom. The number of aromatic nitrogens is 2. The van der Waals surface area contributed by atoms with Crippen molar-refractivity contribution >= 4 is 35.0 Å². The maximum Gasteiger partial charge on any atom is 0.238 e. The van der Waals surface area contributed by atoms with Crippen molar-refractivity contribution in [2.45, 2.75) is 24.9 Å². The van der Waals surface area contributed by atoms with E-state index in [4.69, 9.17) is 5.73 Å². The van der Waals surface area contributed by atoms with Crippen LogP contribution in [-0.2, 0) is 9.59 Å². The highest BCUT2D eigenvalue weighted by atomic mass is 19.1. The van der Waals surface area contributed by atoms with E-state index in [0.29, 0.717) is 11.4 Å². The van der Waals surface area contributed by atoms with Crippen molar-refractivity contribution in [2.75, 3.05) is 22.5 Å². The fraction of sp³-hybridized carbons (Fsp3) is 0.400. The van der Waals surface area contributed by atoms with Crippen LogP contribution in [0.3, 0.4) is 0 Å². The number of rotatable bonds is 1. The number of benzene rings is 1. The van der Waals surface area contributed by atoms with Gasteiger partial charge in [-0.25, -0.2) is 9.37 Å². The first-order valence-corrected chi connectivity index (χ1v) is 9.96. The number of nitrogens with one attached hydrogen (secondary N) is 4. The Balaban J connectivity index is 1.53. The molecule has 1 aliphatic heterocycles. The third-order valence-corrected chi connectivity index (χ3v) is 6.31. The van der Waals surface area contributed by atoms with Crippen molar-refractivity contribution in [3.05, 3.63) is 36.3 Å². The van der Waals surface area contributed by atoms with Gasteiger partial charge in [-0.05, 0) is 42.9 Å². The van der Waals surface area contributed by atoms with Gasteiger partial charge >= 0.3 is 0 Å². The molecule has 2 aliphatic carbocycles. The molecule has 1 aromatic carbocycles. The van der Waals surface area contributed by atoms with Crippen LogP contribution in [-0.4, -0.2) is 40.4 Å². The zero-order valence-corrected chi connectivity index (χ0v) is 16.1. The van der Waals surface area contributed by atoms with Crippen LogP contribution in [0.5, 0.6) is 0 Å². The van der Waals surface area contributed by atoms with E-state index in [0.717, 1.165) is 19.0 Å². The Morgan fingerprint density at radius 2 is 2.00 bits per heavy atom. The van der Waals surface area contributed by atoms with E-state index in [9.17, 15) is 14.0 Å². The molecule has 2 aromatic rings. The number of nitrogens with zero attached hydrogens (tertiary/aromatic N) is 2. The van der Waals surface area contributed by atoms with Crippen LogP contribution in [0.2, 0.25) is 0 Å². The fourth-order valence-corrected chi connectivity index (χ4v) is 5.12. The van der Waals surface area contributed by atoms with Crippen LogP contribution >= 0.6 is 0 Å². The van der Waals surface area contributed by atoms with Crippen molar-refractivity contribution in [1.29, 1.82) is 0 Å². The number of fused-ring (bicyclic) bond motifs is 5. The van der Waals surface area contributed by atoms with Crippen molar-refractivity contribution in [1.82, 2.24) is 15.3 Å². The number of carbonyl (C=O) groups is 2. The van der Waals surface area contributed by atoms with Gasteiger partial charge in [-0.1, -0.05) is 6.07 Å². The molecule has 9 nitrogen and oxygen atoms in total. The van der Waals surface area contributed by atoms with E-state index in [1.807, 2.05) is 0 Å². The fourth-order valence-electron chi connectivity index (χ4n) is 5.12. The molecule has 0 saturated heterocycles. The van der Waals surface area contributed by atoms with E-state index < -0.39 is 17.6 Å². The smallest absolute Gasteiger partial charge is 0.238 e. The Kier molecular flexibility index (Phi) is 4.50. The summed E-state index contributed by atoms with van der Waals surface area (Å²) in [4.78, 5) is 32.8. The Labute approximate surface area is 172 Å². The Morgan fingerprint density at radius 3 is 2.80 bits per heavy atom. The molecular weight excluding hydrogens is 389 g/mol. The molecule has 3 aliphatic rings. The predicted octanol–water partition coefficient (Wildman–Crippen LogP) is 1.19. The second kappa shape index (κ2) is 7.21. The van der Waals surface area contributed by atoms with E-state index in [2.05, 4.69) is 31.2 Å². The van der Waals surface area contributed by atoms with Crippen molar-refractivity contribution in [2.24, 2.45) is 23.5 Å². The number of anilines is 4. The number of hydrogen-bond acceptors (Lipinski definition) is 7. The standard InChI is InChI=1S/C20H22FN7O2/c21-13-7-24-20-26-11-3-1-2-10(6-11)25-15(29)8-23-14-5-9-4-12(14)17(16(9)18(22)30)27-19(13)28-20/h1-3,6-7,9,12,14,16-17,23H,4-5,8H2,(H2,22,30)(H,25,29)(H2,24,26,27,28)/t9-,12+,14+,16-,17+/m0/s1. The normalized spacial score (nSPS) is 29.8. The molecule has 0 radical (unpaired) electrons. The average Bonchev–Trinajstić information content (AvgIpc) is 3.27. The van der Waals surface area contributed by atoms with Gasteiger partial charge in [0.1, 0.15) is 0 Å². The van der Waals surface area contributed by atoms with Crippen LogP contribution in [0.4, 0.5) is 27.5 Å². The highest BCUT2D eigenvalue weighted by Gasteiger charge is 2.55. The molecule has 10 heteroatoms. The molecule has 6 bridgehead atoms. The van der Waals surface area contributed by atoms with Gasteiger partial charge in [0.15, 0.2) is 11.6 Å². The zero-order chi connectivity index (χ0) is 20.8. The first-order valence-electron chi connectivity index (χ1n) is 9.96. The van der Waals surface area contributed by atoms with Crippen LogP contribution in [0.25, 0.3) is 0 Å². The lowest BCUT2D eigenvalue weighted by Gasteiger charge is -2.35. The topological polar surface area (TPSA) is 134 Å². The summed E-state index contributed by atoms with van der Waals surface area (Å²) >= 11 is 0. The highest BCUT2D eigenvalue weighted by molar-refractivity contribution is 5.92. The number of nitrogens with two attached hydrogens (primary N) is 1. The molecule has 2 amide bonds. The number of hydrogen-bond donors (Lipinski definition) is 5. The second-order valence-electron chi connectivity index (χ2n) is 8.13. The van der Waals surface area contributed by atoms with Crippen LogP contribution in [0.1, 0.15) is 12.8 Å². The molecule has 2 saturated carbocycles. The largest absolute Gasteiger partial charge is 0.369 e. The predicted molar refractivity (Wildman–Crippen MR) is 108 cm³/mol. The van der Waals surface area contributed by atoms with E-state index in [1.54, 1.807) is 24.3 Å². The van der Waals surface area contributed by atoms with E-state index >= 15 is 0 Å². The molecule has 2 heterocycles. The van der Waals surface area contributed by atoms with Gasteiger partial charge in [0.2, 0.25) is 17.8 Å². The number of primary amides is 1. The van der Waals surface area contributed by atoms with Crippen molar-refractivity contribution < 1.29 is 14.0 Å². The summed E-state index contributed by atoms with van der Waals surface area (Å²) in [7, 11) is 0. The summed E-state index contributed by atoms with van der Waals surface area (Å²) in [5.74, 6) is -1.26. The number of amides is 2. The van der Waals surface area contributed by atoms with Gasteiger partial charge in [-0.2, -0.15) is 4.98 Å². The third kappa shape index (κ3) is 3.32. The molecule has 5 atom stereocenters. The minimum Gasteiger partial charge on any atom is -0.369 e. The summed E-state index contributed by atoms with van der Waals surface area (Å²) in [6, 6.07) is 6.75. The second-order valence-corrected chi connectivity index (χ2v) is 8.13. The first kappa shape index (κ1) is 18.7. The Hall–Kier alpha value is -3.27.